The summed E-state index contributed by atoms with van der Waals surface area (Å²) in [6.45, 7) is 8.08. The van der Waals surface area contributed by atoms with Crippen LogP contribution in [0.4, 0.5) is 0 Å². The van der Waals surface area contributed by atoms with Crippen LogP contribution in [0.3, 0.4) is 0 Å². The Kier molecular flexibility index (Phi) is 6.86. The molecule has 9 nitrogen and oxygen atoms in total. The fraction of sp³-hybridized carbons (Fsp3) is 0.286. The van der Waals surface area contributed by atoms with E-state index in [-0.39, 0.29) is 15.4 Å². The van der Waals surface area contributed by atoms with E-state index in [0.717, 1.165) is 22.0 Å². The van der Waals surface area contributed by atoms with Crippen LogP contribution >= 0.6 is 0 Å². The molecule has 3 heterocycles. The van der Waals surface area contributed by atoms with Gasteiger partial charge in [0.05, 0.1) is 27.2 Å². The van der Waals surface area contributed by atoms with Gasteiger partial charge in [-0.2, -0.15) is 9.40 Å². The Labute approximate surface area is 228 Å². The van der Waals surface area contributed by atoms with Crippen molar-refractivity contribution in [2.24, 2.45) is 7.05 Å². The second kappa shape index (κ2) is 9.89. The average molecular weight is 566 g/mol. The highest BCUT2D eigenvalue weighted by Crippen LogP contribution is 2.40. The number of aryl methyl sites for hydroxylation is 3. The number of aromatic nitrogens is 4. The molecule has 0 aliphatic carbocycles. The van der Waals surface area contributed by atoms with Crippen molar-refractivity contribution < 1.29 is 16.8 Å². The zero-order chi connectivity index (χ0) is 28.1. The molecule has 0 N–H and O–H groups in total. The highest BCUT2D eigenvalue weighted by molar-refractivity contribution is 7.90. The second-order valence-electron chi connectivity index (χ2n) is 9.41. The molecule has 0 amide bonds. The number of rotatable bonds is 8. The van der Waals surface area contributed by atoms with E-state index in [1.807, 2.05) is 20.9 Å². The molecule has 0 bridgehead atoms. The fourth-order valence-corrected chi connectivity index (χ4v) is 8.15. The summed E-state index contributed by atoms with van der Waals surface area (Å²) in [4.78, 5) is 4.84. The number of benzene rings is 2. The SMILES string of the molecule is CCc1c(-c2cccc(S(=O)(=O)N(CC)CC)c2)n(S(=O)(=O)c2ccc(C)cc2)c2ncc3cnn(C)c3c12. The summed E-state index contributed by atoms with van der Waals surface area (Å²) in [5.41, 5.74) is 3.60. The molecule has 0 aliphatic rings. The number of hydrogen-bond donors (Lipinski definition) is 0. The van der Waals surface area contributed by atoms with Gasteiger partial charge in [0, 0.05) is 42.7 Å². The van der Waals surface area contributed by atoms with Gasteiger partial charge in [-0.15, -0.1) is 0 Å². The summed E-state index contributed by atoms with van der Waals surface area (Å²) >= 11 is 0. The Bertz CT molecular complexity index is 1920. The lowest BCUT2D eigenvalue weighted by molar-refractivity contribution is 0.445. The molecule has 0 saturated carbocycles. The molecule has 11 heteroatoms. The first kappa shape index (κ1) is 27.0. The maximum absolute atomic E-state index is 14.3. The molecular weight excluding hydrogens is 534 g/mol. The Morgan fingerprint density at radius 2 is 1.59 bits per heavy atom. The van der Waals surface area contributed by atoms with Gasteiger partial charge in [0.1, 0.15) is 0 Å². The zero-order valence-corrected chi connectivity index (χ0v) is 24.2. The minimum absolute atomic E-state index is 0.105. The fourth-order valence-electron chi connectivity index (χ4n) is 5.14. The third kappa shape index (κ3) is 4.25. The van der Waals surface area contributed by atoms with E-state index >= 15 is 0 Å². The molecule has 0 saturated heterocycles. The third-order valence-corrected chi connectivity index (χ3v) is 10.8. The molecule has 0 spiro atoms. The lowest BCUT2D eigenvalue weighted by atomic mass is 10.0. The van der Waals surface area contributed by atoms with Gasteiger partial charge >= 0.3 is 0 Å². The van der Waals surface area contributed by atoms with Gasteiger partial charge in [-0.25, -0.2) is 25.8 Å². The van der Waals surface area contributed by atoms with E-state index in [1.54, 1.807) is 79.5 Å². The molecule has 0 radical (unpaired) electrons. The van der Waals surface area contributed by atoms with Crippen molar-refractivity contribution in [3.63, 3.8) is 0 Å². The Hall–Kier alpha value is -3.54. The van der Waals surface area contributed by atoms with Crippen LogP contribution in [0.25, 0.3) is 33.2 Å². The van der Waals surface area contributed by atoms with Crippen molar-refractivity contribution >= 4 is 42.0 Å². The lowest BCUT2D eigenvalue weighted by Gasteiger charge is -2.19. The molecule has 2 aromatic carbocycles. The average Bonchev–Trinajstić information content (AvgIpc) is 3.47. The topological polar surface area (TPSA) is 107 Å². The monoisotopic (exact) mass is 565 g/mol. The molecule has 5 rings (SSSR count). The zero-order valence-electron chi connectivity index (χ0n) is 22.6. The predicted octanol–water partition coefficient (Wildman–Crippen LogP) is 4.73. The van der Waals surface area contributed by atoms with Crippen molar-refractivity contribution in [3.8, 4) is 11.3 Å². The van der Waals surface area contributed by atoms with E-state index in [2.05, 4.69) is 10.1 Å². The summed E-state index contributed by atoms with van der Waals surface area (Å²) in [6.07, 6.45) is 3.81. The molecule has 0 fully saturated rings. The van der Waals surface area contributed by atoms with Crippen LogP contribution in [0.2, 0.25) is 0 Å². The first-order valence-electron chi connectivity index (χ1n) is 12.8. The van der Waals surface area contributed by atoms with Crippen LogP contribution in [0.1, 0.15) is 31.9 Å². The van der Waals surface area contributed by atoms with Crippen LogP contribution in [0, 0.1) is 6.92 Å². The maximum atomic E-state index is 14.3. The first-order valence-corrected chi connectivity index (χ1v) is 15.7. The molecular formula is C28H31N5O4S2. The van der Waals surface area contributed by atoms with Crippen LogP contribution in [0.5, 0.6) is 0 Å². The van der Waals surface area contributed by atoms with Crippen molar-refractivity contribution in [1.82, 2.24) is 23.0 Å². The molecule has 0 atom stereocenters. The highest BCUT2D eigenvalue weighted by Gasteiger charge is 2.31. The smallest absolute Gasteiger partial charge is 0.267 e. The number of pyridine rings is 1. The molecule has 204 valence electrons. The normalized spacial score (nSPS) is 12.7. The molecule has 5 aromatic rings. The summed E-state index contributed by atoms with van der Waals surface area (Å²) in [5.74, 6) is 0. The largest absolute Gasteiger partial charge is 0.269 e. The minimum atomic E-state index is -4.12. The Balaban J connectivity index is 1.92. The van der Waals surface area contributed by atoms with Crippen molar-refractivity contribution in [1.29, 1.82) is 0 Å². The van der Waals surface area contributed by atoms with Crippen LogP contribution < -0.4 is 0 Å². The Morgan fingerprint density at radius 3 is 2.23 bits per heavy atom. The van der Waals surface area contributed by atoms with Crippen LogP contribution in [0.15, 0.2) is 70.7 Å². The summed E-state index contributed by atoms with van der Waals surface area (Å²) in [7, 11) is -6.09. The number of nitrogens with zero attached hydrogens (tertiary/aromatic N) is 5. The highest BCUT2D eigenvalue weighted by atomic mass is 32.2. The van der Waals surface area contributed by atoms with Gasteiger partial charge in [0.2, 0.25) is 10.0 Å². The molecule has 0 aliphatic heterocycles. The number of hydrogen-bond acceptors (Lipinski definition) is 6. The van der Waals surface area contributed by atoms with E-state index in [4.69, 9.17) is 0 Å². The number of fused-ring (bicyclic) bond motifs is 3. The van der Waals surface area contributed by atoms with Gasteiger partial charge in [0.15, 0.2) is 5.65 Å². The van der Waals surface area contributed by atoms with Crippen molar-refractivity contribution in [3.05, 3.63) is 72.1 Å². The predicted molar refractivity (Wildman–Crippen MR) is 153 cm³/mol. The van der Waals surface area contributed by atoms with Crippen molar-refractivity contribution in [2.75, 3.05) is 13.1 Å². The van der Waals surface area contributed by atoms with Gasteiger partial charge in [0.25, 0.3) is 10.0 Å². The Morgan fingerprint density at radius 1 is 0.897 bits per heavy atom. The van der Waals surface area contributed by atoms with Gasteiger partial charge in [-0.3, -0.25) is 4.68 Å². The molecule has 0 unspecified atom stereocenters. The van der Waals surface area contributed by atoms with Crippen LogP contribution in [-0.2, 0) is 33.5 Å². The summed E-state index contributed by atoms with van der Waals surface area (Å²) in [6, 6.07) is 13.2. The summed E-state index contributed by atoms with van der Waals surface area (Å²) < 4.78 is 59.8. The summed E-state index contributed by atoms with van der Waals surface area (Å²) in [5, 5.41) is 5.85. The molecule has 3 aromatic heterocycles. The van der Waals surface area contributed by atoms with E-state index in [9.17, 15) is 16.8 Å². The van der Waals surface area contributed by atoms with Crippen LogP contribution in [-0.4, -0.2) is 53.0 Å². The van der Waals surface area contributed by atoms with E-state index in [0.29, 0.717) is 36.2 Å². The number of sulfonamides is 1. The standard InChI is InChI=1S/C28H31N5O4S2/c1-6-24-25-27-21(18-30-31(27)5)17-29-28(25)33(39(36,37)22-14-12-19(4)13-15-22)26(24)20-10-9-11-23(16-20)38(34,35)32(7-2)8-3/h9-18H,6-8H2,1-5H3. The van der Waals surface area contributed by atoms with Gasteiger partial charge in [-0.1, -0.05) is 50.6 Å². The van der Waals surface area contributed by atoms with Gasteiger partial charge in [-0.05, 0) is 43.2 Å². The van der Waals surface area contributed by atoms with E-state index < -0.39 is 20.0 Å². The van der Waals surface area contributed by atoms with Gasteiger partial charge < -0.3 is 0 Å². The second-order valence-corrected chi connectivity index (χ2v) is 13.1. The van der Waals surface area contributed by atoms with E-state index in [1.165, 1.54) is 8.28 Å². The minimum Gasteiger partial charge on any atom is -0.267 e. The third-order valence-electron chi connectivity index (χ3n) is 7.10. The van der Waals surface area contributed by atoms with Crippen molar-refractivity contribution in [2.45, 2.75) is 43.9 Å². The first-order chi connectivity index (χ1) is 18.6. The lowest BCUT2D eigenvalue weighted by Crippen LogP contribution is -2.30. The maximum Gasteiger partial charge on any atom is 0.269 e. The molecule has 39 heavy (non-hydrogen) atoms. The quantitative estimate of drug-likeness (QED) is 0.269.